The Morgan fingerprint density at radius 2 is 1.80 bits per heavy atom. The van der Waals surface area contributed by atoms with E-state index in [1.54, 1.807) is 12.1 Å². The van der Waals surface area contributed by atoms with Crippen LogP contribution in [0.3, 0.4) is 0 Å². The molecule has 0 aliphatic heterocycles. The lowest BCUT2D eigenvalue weighted by atomic mass is 10.2. The molecular formula is C11H8ClNO2. The molecule has 2 rings (SSSR count). The Labute approximate surface area is 91.0 Å². The van der Waals surface area contributed by atoms with Crippen molar-refractivity contribution < 1.29 is 0 Å². The molecule has 2 aromatic carbocycles. The monoisotopic (exact) mass is 221 g/mol. The van der Waals surface area contributed by atoms with Crippen LogP contribution in [0.5, 0.6) is 0 Å². The minimum atomic E-state index is -0.441. The van der Waals surface area contributed by atoms with Crippen molar-refractivity contribution in [1.29, 1.82) is 0 Å². The highest BCUT2D eigenvalue weighted by Gasteiger charge is 2.07. The SMILES string of the molecule is O=c1cc(NCc2ccc(Cl)cc2)c1=O. The normalized spacial score (nSPS) is 10.5. The average Bonchev–Trinajstić information content (AvgIpc) is 2.26. The lowest BCUT2D eigenvalue weighted by Gasteiger charge is -2.06. The Morgan fingerprint density at radius 1 is 1.13 bits per heavy atom. The lowest BCUT2D eigenvalue weighted by molar-refractivity contribution is 1.13. The number of hydrogen-bond donors (Lipinski definition) is 1. The van der Waals surface area contributed by atoms with Gasteiger partial charge in [-0.3, -0.25) is 9.59 Å². The van der Waals surface area contributed by atoms with Gasteiger partial charge in [0.05, 0.1) is 5.69 Å². The quantitative estimate of drug-likeness (QED) is 0.800. The van der Waals surface area contributed by atoms with Crippen LogP contribution in [0.4, 0.5) is 5.69 Å². The van der Waals surface area contributed by atoms with Crippen molar-refractivity contribution in [3.63, 3.8) is 0 Å². The fourth-order valence-corrected chi connectivity index (χ4v) is 1.37. The summed E-state index contributed by atoms with van der Waals surface area (Å²) in [6.45, 7) is 0.516. The van der Waals surface area contributed by atoms with Crippen LogP contribution in [0.2, 0.25) is 5.02 Å². The number of rotatable bonds is 3. The first-order valence-corrected chi connectivity index (χ1v) is 4.83. The highest BCUT2D eigenvalue weighted by atomic mass is 35.5. The average molecular weight is 222 g/mol. The summed E-state index contributed by atoms with van der Waals surface area (Å²) in [5.74, 6) is 0. The molecular weight excluding hydrogens is 214 g/mol. The zero-order valence-electron chi connectivity index (χ0n) is 7.79. The Balaban J connectivity index is 2.00. The first kappa shape index (κ1) is 9.93. The van der Waals surface area contributed by atoms with Crippen LogP contribution in [0.1, 0.15) is 5.56 Å². The third-order valence-electron chi connectivity index (χ3n) is 2.14. The van der Waals surface area contributed by atoms with Gasteiger partial charge in [0, 0.05) is 17.6 Å². The second-order valence-corrected chi connectivity index (χ2v) is 3.67. The standard InChI is InChI=1S/C11H8ClNO2/c12-8-3-1-7(2-4-8)6-13-9-5-10(14)11(9)15/h1-5,13H,6H2. The molecule has 0 fully saturated rings. The van der Waals surface area contributed by atoms with Crippen molar-refractivity contribution in [3.05, 3.63) is 61.4 Å². The second kappa shape index (κ2) is 3.87. The third-order valence-corrected chi connectivity index (χ3v) is 2.39. The highest BCUT2D eigenvalue weighted by molar-refractivity contribution is 6.30. The summed E-state index contributed by atoms with van der Waals surface area (Å²) >= 11 is 5.72. The maximum Gasteiger partial charge on any atom is 0.248 e. The first-order chi connectivity index (χ1) is 7.16. The van der Waals surface area contributed by atoms with E-state index in [0.717, 1.165) is 5.56 Å². The fourth-order valence-electron chi connectivity index (χ4n) is 1.25. The predicted octanol–water partition coefficient (Wildman–Crippen LogP) is 1.55. The van der Waals surface area contributed by atoms with E-state index in [4.69, 9.17) is 11.6 Å². The van der Waals surface area contributed by atoms with Crippen LogP contribution < -0.4 is 16.2 Å². The summed E-state index contributed by atoms with van der Waals surface area (Å²) in [6, 6.07) is 8.58. The second-order valence-electron chi connectivity index (χ2n) is 3.23. The van der Waals surface area contributed by atoms with E-state index >= 15 is 0 Å². The summed E-state index contributed by atoms with van der Waals surface area (Å²) in [6.07, 6.45) is 0. The summed E-state index contributed by atoms with van der Waals surface area (Å²) in [7, 11) is 0. The van der Waals surface area contributed by atoms with E-state index in [0.29, 0.717) is 17.3 Å². The van der Waals surface area contributed by atoms with Gasteiger partial charge in [0.2, 0.25) is 10.9 Å². The Bertz CT molecular complexity index is 538. The van der Waals surface area contributed by atoms with Gasteiger partial charge in [-0.25, -0.2) is 0 Å². The van der Waals surface area contributed by atoms with Crippen LogP contribution in [0.25, 0.3) is 0 Å². The van der Waals surface area contributed by atoms with Crippen LogP contribution >= 0.6 is 11.6 Å². The van der Waals surface area contributed by atoms with Crippen LogP contribution in [-0.2, 0) is 6.54 Å². The molecule has 15 heavy (non-hydrogen) atoms. The number of anilines is 1. The van der Waals surface area contributed by atoms with E-state index < -0.39 is 10.9 Å². The van der Waals surface area contributed by atoms with Gasteiger partial charge in [0.15, 0.2) is 0 Å². The summed E-state index contributed by atoms with van der Waals surface area (Å²) in [5.41, 5.74) is 0.514. The molecule has 0 aliphatic carbocycles. The van der Waals surface area contributed by atoms with Crippen LogP contribution in [-0.4, -0.2) is 0 Å². The van der Waals surface area contributed by atoms with Crippen molar-refractivity contribution in [2.45, 2.75) is 6.54 Å². The first-order valence-electron chi connectivity index (χ1n) is 4.45. The van der Waals surface area contributed by atoms with E-state index in [9.17, 15) is 9.59 Å². The van der Waals surface area contributed by atoms with Gasteiger partial charge in [-0.2, -0.15) is 0 Å². The van der Waals surface area contributed by atoms with Gasteiger partial charge in [-0.1, -0.05) is 23.7 Å². The molecule has 0 atom stereocenters. The third kappa shape index (κ3) is 2.07. The van der Waals surface area contributed by atoms with Gasteiger partial charge < -0.3 is 5.32 Å². The minimum Gasteiger partial charge on any atom is -0.378 e. The zero-order chi connectivity index (χ0) is 10.8. The maximum atomic E-state index is 10.9. The fraction of sp³-hybridized carbons (Fsp3) is 0.0909. The predicted molar refractivity (Wildman–Crippen MR) is 60.1 cm³/mol. The molecule has 1 N–H and O–H groups in total. The van der Waals surface area contributed by atoms with Crippen molar-refractivity contribution in [1.82, 2.24) is 0 Å². The number of halogens is 1. The van der Waals surface area contributed by atoms with E-state index in [1.165, 1.54) is 6.07 Å². The molecule has 0 heterocycles. The van der Waals surface area contributed by atoms with Gasteiger partial charge in [0.25, 0.3) is 0 Å². The molecule has 0 radical (unpaired) electrons. The summed E-state index contributed by atoms with van der Waals surface area (Å²) < 4.78 is 0. The van der Waals surface area contributed by atoms with Crippen molar-refractivity contribution in [3.8, 4) is 0 Å². The highest BCUT2D eigenvalue weighted by Crippen LogP contribution is 2.10. The molecule has 0 unspecified atom stereocenters. The number of hydrogen-bond acceptors (Lipinski definition) is 3. The Kier molecular flexibility index (Phi) is 2.56. The molecule has 3 nitrogen and oxygen atoms in total. The van der Waals surface area contributed by atoms with Crippen molar-refractivity contribution in [2.75, 3.05) is 5.32 Å². The topological polar surface area (TPSA) is 46.2 Å². The summed E-state index contributed by atoms with van der Waals surface area (Å²) in [5, 5.41) is 3.56. The van der Waals surface area contributed by atoms with Gasteiger partial charge in [0.1, 0.15) is 0 Å². The molecule has 0 saturated heterocycles. The molecule has 0 bridgehead atoms. The molecule has 0 aliphatic rings. The van der Waals surface area contributed by atoms with Crippen molar-refractivity contribution in [2.24, 2.45) is 0 Å². The number of benzene rings is 1. The molecule has 2 aromatic rings. The Hall–Kier alpha value is -1.61. The zero-order valence-corrected chi connectivity index (χ0v) is 8.54. The van der Waals surface area contributed by atoms with Crippen LogP contribution in [0.15, 0.2) is 39.9 Å². The minimum absolute atomic E-state index is 0.384. The molecule has 0 saturated carbocycles. The molecule has 0 amide bonds. The largest absolute Gasteiger partial charge is 0.378 e. The lowest BCUT2D eigenvalue weighted by Crippen LogP contribution is -2.32. The molecule has 76 valence electrons. The van der Waals surface area contributed by atoms with E-state index in [1.807, 2.05) is 12.1 Å². The van der Waals surface area contributed by atoms with Gasteiger partial charge >= 0.3 is 0 Å². The van der Waals surface area contributed by atoms with Crippen LogP contribution in [0, 0.1) is 0 Å². The molecule has 0 aromatic heterocycles. The summed E-state index contributed by atoms with van der Waals surface area (Å²) in [4.78, 5) is 21.5. The smallest absolute Gasteiger partial charge is 0.248 e. The number of nitrogens with one attached hydrogen (secondary N) is 1. The van der Waals surface area contributed by atoms with Gasteiger partial charge in [-0.05, 0) is 17.7 Å². The Morgan fingerprint density at radius 3 is 2.33 bits per heavy atom. The van der Waals surface area contributed by atoms with E-state index in [2.05, 4.69) is 5.32 Å². The van der Waals surface area contributed by atoms with E-state index in [-0.39, 0.29) is 0 Å². The van der Waals surface area contributed by atoms with Gasteiger partial charge in [-0.15, -0.1) is 0 Å². The van der Waals surface area contributed by atoms with Crippen molar-refractivity contribution >= 4 is 17.3 Å². The maximum absolute atomic E-state index is 10.9. The molecule has 4 heteroatoms. The molecule has 0 spiro atoms.